The highest BCUT2D eigenvalue weighted by molar-refractivity contribution is 4.94. The van der Waals surface area contributed by atoms with Crippen LogP contribution in [0, 0.1) is 0 Å². The Bertz CT molecular complexity index is 225. The predicted molar refractivity (Wildman–Crippen MR) is 59.8 cm³/mol. The van der Waals surface area contributed by atoms with Crippen LogP contribution in [-0.4, -0.2) is 50.6 Å². The third-order valence-electron chi connectivity index (χ3n) is 3.48. The average molecular weight is 254 g/mol. The van der Waals surface area contributed by atoms with Crippen LogP contribution in [0.15, 0.2) is 0 Å². The average Bonchev–Trinajstić information content (AvgIpc) is 2.65. The summed E-state index contributed by atoms with van der Waals surface area (Å²) in [6.45, 7) is 0.628. The van der Waals surface area contributed by atoms with Gasteiger partial charge in [-0.05, 0) is 26.9 Å². The second kappa shape index (κ2) is 6.02. The second-order valence-corrected chi connectivity index (χ2v) is 4.80. The zero-order valence-electron chi connectivity index (χ0n) is 10.4. The fourth-order valence-electron chi connectivity index (χ4n) is 2.38. The molecule has 0 atom stereocenters. The van der Waals surface area contributed by atoms with Crippen molar-refractivity contribution in [2.24, 2.45) is 0 Å². The van der Waals surface area contributed by atoms with Crippen LogP contribution in [0.3, 0.4) is 0 Å². The summed E-state index contributed by atoms with van der Waals surface area (Å²) in [5, 5.41) is 3.06. The summed E-state index contributed by atoms with van der Waals surface area (Å²) >= 11 is 0. The summed E-state index contributed by atoms with van der Waals surface area (Å²) < 4.78 is 38.9. The van der Waals surface area contributed by atoms with E-state index in [0.717, 1.165) is 19.4 Å². The van der Waals surface area contributed by atoms with Crippen LogP contribution in [0.25, 0.3) is 0 Å². The van der Waals surface area contributed by atoms with Crippen molar-refractivity contribution in [2.45, 2.75) is 37.6 Å². The molecule has 0 saturated heterocycles. The molecule has 102 valence electrons. The molecule has 0 bridgehead atoms. The van der Waals surface area contributed by atoms with Gasteiger partial charge in [0.1, 0.15) is 0 Å². The van der Waals surface area contributed by atoms with E-state index >= 15 is 0 Å². The Balaban J connectivity index is 2.20. The number of nitrogens with zero attached hydrogens (tertiary/aromatic N) is 1. The molecule has 1 rings (SSSR count). The van der Waals surface area contributed by atoms with E-state index in [0.29, 0.717) is 0 Å². The van der Waals surface area contributed by atoms with Gasteiger partial charge in [0.15, 0.2) is 0 Å². The van der Waals surface area contributed by atoms with Crippen molar-refractivity contribution >= 4 is 0 Å². The molecule has 6 heteroatoms. The van der Waals surface area contributed by atoms with Crippen LogP contribution in [0.4, 0.5) is 13.2 Å². The van der Waals surface area contributed by atoms with Crippen molar-refractivity contribution in [3.63, 3.8) is 0 Å². The summed E-state index contributed by atoms with van der Waals surface area (Å²) in [6, 6.07) is 0. The third-order valence-corrected chi connectivity index (χ3v) is 3.48. The van der Waals surface area contributed by atoms with Gasteiger partial charge >= 0.3 is 6.36 Å². The number of alkyl halides is 3. The lowest BCUT2D eigenvalue weighted by Gasteiger charge is -2.36. The maximum Gasteiger partial charge on any atom is 0.522 e. The quantitative estimate of drug-likeness (QED) is 0.734. The largest absolute Gasteiger partial charge is 0.522 e. The van der Waals surface area contributed by atoms with E-state index in [1.54, 1.807) is 0 Å². The summed E-state index contributed by atoms with van der Waals surface area (Å²) in [4.78, 5) is 2.18. The van der Waals surface area contributed by atoms with E-state index in [2.05, 4.69) is 15.0 Å². The van der Waals surface area contributed by atoms with E-state index in [4.69, 9.17) is 0 Å². The molecule has 0 aromatic heterocycles. The molecule has 0 heterocycles. The molecule has 0 aliphatic heterocycles. The highest BCUT2D eigenvalue weighted by atomic mass is 19.4. The predicted octanol–water partition coefficient (Wildman–Crippen LogP) is 1.99. The van der Waals surface area contributed by atoms with Crippen LogP contribution in [0.2, 0.25) is 0 Å². The minimum absolute atomic E-state index is 0.109. The lowest BCUT2D eigenvalue weighted by atomic mass is 9.96. The smallest absolute Gasteiger partial charge is 0.313 e. The molecular formula is C11H21F3N2O. The lowest BCUT2D eigenvalue weighted by molar-refractivity contribution is -0.323. The van der Waals surface area contributed by atoms with Gasteiger partial charge in [-0.2, -0.15) is 0 Å². The van der Waals surface area contributed by atoms with Crippen LogP contribution in [-0.2, 0) is 4.74 Å². The van der Waals surface area contributed by atoms with Gasteiger partial charge in [0.2, 0.25) is 0 Å². The number of ether oxygens (including phenoxy) is 1. The number of rotatable bonds is 6. The summed E-state index contributed by atoms with van der Waals surface area (Å²) in [5.74, 6) is 0. The monoisotopic (exact) mass is 254 g/mol. The molecule has 1 N–H and O–H groups in total. The molecule has 3 nitrogen and oxygen atoms in total. The number of hydrogen-bond donors (Lipinski definition) is 1. The van der Waals surface area contributed by atoms with E-state index in [1.165, 1.54) is 12.8 Å². The first-order valence-corrected chi connectivity index (χ1v) is 5.95. The van der Waals surface area contributed by atoms with Crippen molar-refractivity contribution in [1.29, 1.82) is 0 Å². The zero-order chi connectivity index (χ0) is 12.9. The van der Waals surface area contributed by atoms with Gasteiger partial charge in [0.05, 0.1) is 6.61 Å². The van der Waals surface area contributed by atoms with Crippen molar-refractivity contribution in [2.75, 3.05) is 33.8 Å². The lowest BCUT2D eigenvalue weighted by Crippen LogP contribution is -2.50. The Morgan fingerprint density at radius 1 is 1.24 bits per heavy atom. The van der Waals surface area contributed by atoms with Crippen LogP contribution >= 0.6 is 0 Å². The van der Waals surface area contributed by atoms with Crippen molar-refractivity contribution in [3.8, 4) is 0 Å². The fourth-order valence-corrected chi connectivity index (χ4v) is 2.38. The SMILES string of the molecule is CN(C)C1(CNCCOC(F)(F)F)CCCC1. The summed E-state index contributed by atoms with van der Waals surface area (Å²) in [6.07, 6.45) is 0.0757. The number of likely N-dealkylation sites (N-methyl/N-ethyl adjacent to an activating group) is 1. The number of nitrogens with one attached hydrogen (secondary N) is 1. The van der Waals surface area contributed by atoms with Crippen LogP contribution in [0.5, 0.6) is 0 Å². The van der Waals surface area contributed by atoms with E-state index in [-0.39, 0.29) is 18.7 Å². The molecule has 17 heavy (non-hydrogen) atoms. The molecule has 0 aromatic carbocycles. The van der Waals surface area contributed by atoms with Gasteiger partial charge in [-0.3, -0.25) is 4.74 Å². The van der Waals surface area contributed by atoms with Crippen LogP contribution < -0.4 is 5.32 Å². The maximum absolute atomic E-state index is 11.7. The number of halogens is 3. The standard InChI is InChI=1S/C11H21F3N2O/c1-16(2)10(5-3-4-6-10)9-15-7-8-17-11(12,13)14/h15H,3-9H2,1-2H3. The molecule has 0 amide bonds. The zero-order valence-corrected chi connectivity index (χ0v) is 10.4. The number of hydrogen-bond acceptors (Lipinski definition) is 3. The topological polar surface area (TPSA) is 24.5 Å². The fraction of sp³-hybridized carbons (Fsp3) is 1.00. The molecule has 0 unspecified atom stereocenters. The molecular weight excluding hydrogens is 233 g/mol. The van der Waals surface area contributed by atoms with Crippen molar-refractivity contribution in [3.05, 3.63) is 0 Å². The van der Waals surface area contributed by atoms with E-state index in [9.17, 15) is 13.2 Å². The third kappa shape index (κ3) is 4.81. The Morgan fingerprint density at radius 2 is 1.82 bits per heavy atom. The Kier molecular flexibility index (Phi) is 5.22. The normalized spacial score (nSPS) is 20.1. The summed E-state index contributed by atoms with van der Waals surface area (Å²) in [7, 11) is 4.05. The molecule has 0 aromatic rings. The minimum Gasteiger partial charge on any atom is -0.313 e. The van der Waals surface area contributed by atoms with E-state index < -0.39 is 6.36 Å². The first kappa shape index (κ1) is 14.7. The Morgan fingerprint density at radius 3 is 2.29 bits per heavy atom. The molecule has 0 spiro atoms. The molecule has 1 saturated carbocycles. The van der Waals surface area contributed by atoms with Gasteiger partial charge in [0.25, 0.3) is 0 Å². The second-order valence-electron chi connectivity index (χ2n) is 4.80. The van der Waals surface area contributed by atoms with Crippen LogP contribution in [0.1, 0.15) is 25.7 Å². The highest BCUT2D eigenvalue weighted by Crippen LogP contribution is 2.32. The van der Waals surface area contributed by atoms with Gasteiger partial charge in [0, 0.05) is 18.6 Å². The van der Waals surface area contributed by atoms with Crippen molar-refractivity contribution < 1.29 is 17.9 Å². The highest BCUT2D eigenvalue weighted by Gasteiger charge is 2.35. The first-order chi connectivity index (χ1) is 7.86. The minimum atomic E-state index is -4.52. The molecule has 1 aliphatic rings. The molecule has 1 fully saturated rings. The maximum atomic E-state index is 11.7. The van der Waals surface area contributed by atoms with Gasteiger partial charge < -0.3 is 10.2 Å². The molecule has 1 aliphatic carbocycles. The van der Waals surface area contributed by atoms with E-state index in [1.807, 2.05) is 14.1 Å². The Labute approximate surface area is 100 Å². The van der Waals surface area contributed by atoms with Gasteiger partial charge in [-0.1, -0.05) is 12.8 Å². The molecule has 0 radical (unpaired) electrons. The Hall–Kier alpha value is -0.330. The van der Waals surface area contributed by atoms with Crippen molar-refractivity contribution in [1.82, 2.24) is 10.2 Å². The van der Waals surface area contributed by atoms with Gasteiger partial charge in [-0.25, -0.2) is 0 Å². The summed E-state index contributed by atoms with van der Waals surface area (Å²) in [5.41, 5.74) is 0.109. The first-order valence-electron chi connectivity index (χ1n) is 5.95. The van der Waals surface area contributed by atoms with Gasteiger partial charge in [-0.15, -0.1) is 13.2 Å².